The van der Waals surface area contributed by atoms with Crippen LogP contribution in [-0.4, -0.2) is 84.6 Å². The Morgan fingerprint density at radius 3 is 2.40 bits per heavy atom. The number of carbonyl (C=O) groups is 2. The predicted octanol–water partition coefficient (Wildman–Crippen LogP) is 3.43. The average molecular weight is 572 g/mol. The van der Waals surface area contributed by atoms with Crippen LogP contribution in [0.2, 0.25) is 0 Å². The number of amidine groups is 1. The maximum absolute atomic E-state index is 12.8. The number of sulfonamides is 1. The number of likely N-dealkylation sites (N-methyl/N-ethyl adjacent to an activating group) is 2. The number of aliphatic imine (C=N–C) groups is 1. The number of ether oxygens (including phenoxy) is 1. The van der Waals surface area contributed by atoms with Crippen LogP contribution in [0, 0.1) is 10.1 Å². The van der Waals surface area contributed by atoms with E-state index in [9.17, 15) is 28.1 Å². The van der Waals surface area contributed by atoms with Crippen molar-refractivity contribution in [1.29, 1.82) is 0 Å². The summed E-state index contributed by atoms with van der Waals surface area (Å²) in [5.74, 6) is 0.185. The van der Waals surface area contributed by atoms with Gasteiger partial charge in [0.15, 0.2) is 4.90 Å². The van der Waals surface area contributed by atoms with Gasteiger partial charge < -0.3 is 9.64 Å². The Balaban J connectivity index is 1.59. The minimum absolute atomic E-state index is 0.154. The van der Waals surface area contributed by atoms with Gasteiger partial charge in [0.05, 0.1) is 18.0 Å². The number of nitrogens with zero attached hydrogens (tertiary/aromatic N) is 5. The highest BCUT2D eigenvalue weighted by molar-refractivity contribution is 7.89. The monoisotopic (exact) mass is 571 g/mol. The molecule has 214 valence electrons. The zero-order chi connectivity index (χ0) is 29.7. The van der Waals surface area contributed by atoms with E-state index in [-0.39, 0.29) is 19.0 Å². The summed E-state index contributed by atoms with van der Waals surface area (Å²) in [7, 11) is -1.24. The minimum Gasteiger partial charge on any atom is -0.443 e. The van der Waals surface area contributed by atoms with Crippen molar-refractivity contribution >= 4 is 33.5 Å². The number of nitro groups is 1. The molecule has 40 heavy (non-hydrogen) atoms. The molecule has 0 radical (unpaired) electrons. The topological polar surface area (TPSA) is 143 Å². The van der Waals surface area contributed by atoms with Crippen molar-refractivity contribution in [1.82, 2.24) is 14.1 Å². The Hall–Kier alpha value is -4.10. The van der Waals surface area contributed by atoms with E-state index in [0.29, 0.717) is 18.9 Å². The summed E-state index contributed by atoms with van der Waals surface area (Å²) in [5.41, 5.74) is 0.458. The quantitative estimate of drug-likeness (QED) is 0.255. The second kappa shape index (κ2) is 12.4. The van der Waals surface area contributed by atoms with E-state index < -0.39 is 37.2 Å². The number of hydrogen-bond acceptors (Lipinski definition) is 8. The molecular formula is C27H33N5O7S. The third-order valence-corrected chi connectivity index (χ3v) is 7.71. The summed E-state index contributed by atoms with van der Waals surface area (Å²) in [6, 6.07) is 12.4. The van der Waals surface area contributed by atoms with Crippen LogP contribution in [0.15, 0.2) is 70.6 Å². The van der Waals surface area contributed by atoms with Crippen LogP contribution in [0.1, 0.15) is 31.9 Å². The van der Waals surface area contributed by atoms with Crippen molar-refractivity contribution in [3.63, 3.8) is 0 Å². The van der Waals surface area contributed by atoms with Gasteiger partial charge in [-0.05, 0) is 32.4 Å². The van der Waals surface area contributed by atoms with Gasteiger partial charge in [0.2, 0.25) is 15.9 Å². The highest BCUT2D eigenvalue weighted by Gasteiger charge is 2.30. The van der Waals surface area contributed by atoms with E-state index in [1.165, 1.54) is 47.2 Å². The van der Waals surface area contributed by atoms with Crippen LogP contribution in [0.4, 0.5) is 10.5 Å². The molecular weight excluding hydrogens is 538 g/mol. The zero-order valence-electron chi connectivity index (χ0n) is 23.1. The average Bonchev–Trinajstić information content (AvgIpc) is 3.38. The number of rotatable bonds is 9. The Labute approximate surface area is 233 Å². The van der Waals surface area contributed by atoms with E-state index in [1.54, 1.807) is 27.8 Å². The first kappa shape index (κ1) is 30.4. The smallest absolute Gasteiger partial charge is 0.416 e. The number of para-hydroxylation sites is 1. The molecule has 12 nitrogen and oxygen atoms in total. The molecule has 0 bridgehead atoms. The van der Waals surface area contributed by atoms with E-state index in [0.717, 1.165) is 21.5 Å². The Bertz CT molecular complexity index is 1430. The van der Waals surface area contributed by atoms with Gasteiger partial charge in [-0.1, -0.05) is 42.5 Å². The van der Waals surface area contributed by atoms with Gasteiger partial charge in [-0.25, -0.2) is 13.2 Å². The van der Waals surface area contributed by atoms with Gasteiger partial charge in [-0.2, -0.15) is 4.31 Å². The number of amides is 2. The first-order valence-corrected chi connectivity index (χ1v) is 13.9. The predicted molar refractivity (Wildman–Crippen MR) is 149 cm³/mol. The summed E-state index contributed by atoms with van der Waals surface area (Å²) < 4.78 is 32.0. The lowest BCUT2D eigenvalue weighted by molar-refractivity contribution is -0.387. The molecule has 0 aliphatic carbocycles. The number of carbonyl (C=O) groups excluding carboxylic acids is 2. The van der Waals surface area contributed by atoms with Crippen molar-refractivity contribution in [3.05, 3.63) is 81.9 Å². The lowest BCUT2D eigenvalue weighted by Crippen LogP contribution is -2.39. The SMILES string of the molecule is CN(Cc1ccc(C2=NCCN2C(=O)OC(C)(C)C)cc1)C(=O)C=CCN(C)S(=O)(=O)c1ccccc1[N+](=O)[O-]. The van der Waals surface area contributed by atoms with Gasteiger partial charge in [-0.3, -0.25) is 24.8 Å². The molecule has 1 aliphatic rings. The van der Waals surface area contributed by atoms with Crippen LogP contribution >= 0.6 is 0 Å². The second-order valence-electron chi connectivity index (χ2n) is 10.1. The maximum atomic E-state index is 12.8. The normalized spacial score (nSPS) is 13.9. The summed E-state index contributed by atoms with van der Waals surface area (Å²) in [6.45, 7) is 6.47. The third kappa shape index (κ3) is 7.51. The maximum Gasteiger partial charge on any atom is 0.416 e. The Morgan fingerprint density at radius 1 is 1.12 bits per heavy atom. The molecule has 1 aliphatic heterocycles. The number of benzene rings is 2. The molecule has 0 saturated carbocycles. The molecule has 2 aromatic carbocycles. The molecule has 0 atom stereocenters. The molecule has 3 rings (SSSR count). The molecule has 0 spiro atoms. The lowest BCUT2D eigenvalue weighted by Gasteiger charge is -2.25. The fourth-order valence-electron chi connectivity index (χ4n) is 3.82. The van der Waals surface area contributed by atoms with E-state index >= 15 is 0 Å². The van der Waals surface area contributed by atoms with E-state index in [2.05, 4.69) is 4.99 Å². The van der Waals surface area contributed by atoms with Gasteiger partial charge in [0.25, 0.3) is 5.69 Å². The first-order chi connectivity index (χ1) is 18.7. The van der Waals surface area contributed by atoms with Gasteiger partial charge in [-0.15, -0.1) is 0 Å². The van der Waals surface area contributed by atoms with Crippen LogP contribution in [0.3, 0.4) is 0 Å². The van der Waals surface area contributed by atoms with Crippen molar-refractivity contribution in [3.8, 4) is 0 Å². The highest BCUT2D eigenvalue weighted by atomic mass is 32.2. The summed E-state index contributed by atoms with van der Waals surface area (Å²) in [6.07, 6.45) is 2.19. The number of nitro benzene ring substituents is 1. The first-order valence-electron chi connectivity index (χ1n) is 12.5. The molecule has 0 saturated heterocycles. The second-order valence-corrected chi connectivity index (χ2v) is 12.2. The molecule has 0 N–H and O–H groups in total. The molecule has 0 unspecified atom stereocenters. The number of hydrogen-bond donors (Lipinski definition) is 0. The van der Waals surface area contributed by atoms with Gasteiger partial charge >= 0.3 is 6.09 Å². The van der Waals surface area contributed by atoms with Crippen LogP contribution in [-0.2, 0) is 26.1 Å². The van der Waals surface area contributed by atoms with Crippen molar-refractivity contribution in [2.75, 3.05) is 33.7 Å². The molecule has 0 fully saturated rings. The summed E-state index contributed by atoms with van der Waals surface area (Å²) in [5, 5.41) is 11.2. The minimum atomic E-state index is -4.14. The molecule has 2 aromatic rings. The lowest BCUT2D eigenvalue weighted by atomic mass is 10.1. The molecule has 2 amide bonds. The Kier molecular flexibility index (Phi) is 9.43. The van der Waals surface area contributed by atoms with E-state index in [1.807, 2.05) is 24.3 Å². The van der Waals surface area contributed by atoms with Crippen LogP contribution < -0.4 is 0 Å². The summed E-state index contributed by atoms with van der Waals surface area (Å²) >= 11 is 0. The molecule has 1 heterocycles. The van der Waals surface area contributed by atoms with Gasteiger partial charge in [0, 0.05) is 44.9 Å². The van der Waals surface area contributed by atoms with Crippen LogP contribution in [0.5, 0.6) is 0 Å². The molecule has 13 heteroatoms. The summed E-state index contributed by atoms with van der Waals surface area (Å²) in [4.78, 5) is 42.6. The van der Waals surface area contributed by atoms with Crippen molar-refractivity contribution < 1.29 is 27.7 Å². The van der Waals surface area contributed by atoms with Gasteiger partial charge in [0.1, 0.15) is 11.4 Å². The Morgan fingerprint density at radius 2 is 1.77 bits per heavy atom. The fourth-order valence-corrected chi connectivity index (χ4v) is 5.10. The fraction of sp³-hybridized carbons (Fsp3) is 0.370. The zero-order valence-corrected chi connectivity index (χ0v) is 23.9. The van der Waals surface area contributed by atoms with Crippen molar-refractivity contribution in [2.45, 2.75) is 37.8 Å². The van der Waals surface area contributed by atoms with Crippen LogP contribution in [0.25, 0.3) is 0 Å². The molecule has 0 aromatic heterocycles. The van der Waals surface area contributed by atoms with E-state index in [4.69, 9.17) is 4.74 Å². The largest absolute Gasteiger partial charge is 0.443 e. The third-order valence-electron chi connectivity index (χ3n) is 5.84. The standard InChI is InChI=1S/C27H33N5O7S/c1-27(2,3)39-26(34)31-18-16-28-25(31)21-14-12-20(13-15-21)19-29(4)24(33)11-8-17-30(5)40(37,38)23-10-7-6-9-22(23)32(35)36/h6-15H,16-19H2,1-5H3. The van der Waals surface area contributed by atoms with Crippen molar-refractivity contribution in [2.24, 2.45) is 4.99 Å². The highest BCUT2D eigenvalue weighted by Crippen LogP contribution is 2.25.